The molecule has 3 heterocycles. The van der Waals surface area contributed by atoms with E-state index in [-0.39, 0.29) is 6.61 Å². The van der Waals surface area contributed by atoms with Crippen LogP contribution in [0.5, 0.6) is 0 Å². The van der Waals surface area contributed by atoms with Gasteiger partial charge in [0, 0.05) is 37.7 Å². The summed E-state index contributed by atoms with van der Waals surface area (Å²) in [5.41, 5.74) is 3.36. The fourth-order valence-electron chi connectivity index (χ4n) is 3.42. The number of nitrogens with zero attached hydrogens (tertiary/aromatic N) is 3. The molecule has 0 radical (unpaired) electrons. The summed E-state index contributed by atoms with van der Waals surface area (Å²) in [6.07, 6.45) is 2.26. The number of aryl methyl sites for hydroxylation is 1. The van der Waals surface area contributed by atoms with Gasteiger partial charge in [-0.2, -0.15) is 0 Å². The molecule has 6 nitrogen and oxygen atoms in total. The maximum atomic E-state index is 8.24. The molecule has 7 heteroatoms. The molecule has 0 bridgehead atoms. The topological polar surface area (TPSA) is 60.3 Å². The minimum absolute atomic E-state index is 0.143. The van der Waals surface area contributed by atoms with Crippen molar-refractivity contribution in [2.45, 2.75) is 26.7 Å². The molecule has 0 spiro atoms. The largest absolute Gasteiger partial charge is 0.394 e. The highest BCUT2D eigenvalue weighted by molar-refractivity contribution is 7.16. The smallest absolute Gasteiger partial charge is 0.139 e. The fourth-order valence-corrected chi connectivity index (χ4v) is 4.34. The van der Waals surface area contributed by atoms with E-state index in [2.05, 4.69) is 66.3 Å². The van der Waals surface area contributed by atoms with Crippen LogP contribution in [0.3, 0.4) is 0 Å². The van der Waals surface area contributed by atoms with E-state index in [1.807, 2.05) is 0 Å². The molecule has 2 aromatic rings. The first-order chi connectivity index (χ1) is 14.6. The number of anilines is 2. The normalized spacial score (nSPS) is 15.9. The number of likely N-dealkylation sites (N-methyl/N-ethyl adjacent to an activating group) is 1. The van der Waals surface area contributed by atoms with Crippen LogP contribution in [-0.4, -0.2) is 73.8 Å². The summed E-state index contributed by atoms with van der Waals surface area (Å²) in [5.74, 6) is 1.12. The zero-order chi connectivity index (χ0) is 21.3. The Labute approximate surface area is 184 Å². The van der Waals surface area contributed by atoms with Crippen molar-refractivity contribution < 1.29 is 9.84 Å². The van der Waals surface area contributed by atoms with Crippen molar-refractivity contribution in [3.05, 3.63) is 40.8 Å². The molecular weight excluding hydrogens is 396 g/mol. The van der Waals surface area contributed by atoms with Crippen LogP contribution in [0, 0.1) is 6.92 Å². The number of piperazine rings is 1. The SMILES string of the molecule is CCCCOCCO.Cc1cc2c(s1)Nc1ccccc1N=C2N1CCN(C)CC1. The number of hydrogen-bond donors (Lipinski definition) is 2. The number of para-hydroxylation sites is 2. The standard InChI is InChI=1S/C17H20N4S.C6H14O2/c1-12-11-13-16(21-9-7-20(2)8-10-21)18-14-5-3-4-6-15(14)19-17(13)22-12;1-2-3-5-8-6-4-7/h3-6,11,19H,7-10H2,1-2H3;7H,2-6H2,1H3. The fraction of sp³-hybridized carbons (Fsp3) is 0.522. The van der Waals surface area contributed by atoms with Crippen LogP contribution >= 0.6 is 11.3 Å². The van der Waals surface area contributed by atoms with Gasteiger partial charge in [-0.05, 0) is 38.6 Å². The van der Waals surface area contributed by atoms with E-state index in [0.29, 0.717) is 6.61 Å². The number of nitrogens with one attached hydrogen (secondary N) is 1. The van der Waals surface area contributed by atoms with Crippen molar-refractivity contribution in [3.8, 4) is 0 Å². The summed E-state index contributed by atoms with van der Waals surface area (Å²) in [4.78, 5) is 11.1. The van der Waals surface area contributed by atoms with Gasteiger partial charge in [0.1, 0.15) is 10.8 Å². The molecule has 0 aliphatic carbocycles. The third-order valence-electron chi connectivity index (χ3n) is 5.16. The van der Waals surface area contributed by atoms with E-state index in [1.165, 1.54) is 15.4 Å². The van der Waals surface area contributed by atoms with Crippen LogP contribution in [-0.2, 0) is 4.74 Å². The Hall–Kier alpha value is -1.93. The van der Waals surface area contributed by atoms with E-state index in [0.717, 1.165) is 62.8 Å². The Bertz CT molecular complexity index is 822. The zero-order valence-electron chi connectivity index (χ0n) is 18.4. The highest BCUT2D eigenvalue weighted by atomic mass is 32.1. The summed E-state index contributed by atoms with van der Waals surface area (Å²) in [6.45, 7) is 9.94. The maximum Gasteiger partial charge on any atom is 0.139 e. The number of aliphatic hydroxyl groups excluding tert-OH is 1. The van der Waals surface area contributed by atoms with Crippen molar-refractivity contribution in [2.24, 2.45) is 4.99 Å². The highest BCUT2D eigenvalue weighted by Gasteiger charge is 2.25. The van der Waals surface area contributed by atoms with Gasteiger partial charge in [0.2, 0.25) is 0 Å². The Kier molecular flexibility index (Phi) is 8.69. The lowest BCUT2D eigenvalue weighted by Crippen LogP contribution is -2.47. The van der Waals surface area contributed by atoms with Crippen LogP contribution in [0.15, 0.2) is 35.3 Å². The van der Waals surface area contributed by atoms with Crippen molar-refractivity contribution in [1.82, 2.24) is 9.80 Å². The summed E-state index contributed by atoms with van der Waals surface area (Å²) >= 11 is 1.81. The van der Waals surface area contributed by atoms with E-state index >= 15 is 0 Å². The van der Waals surface area contributed by atoms with Gasteiger partial charge in [-0.25, -0.2) is 4.99 Å². The first kappa shape index (κ1) is 22.7. The lowest BCUT2D eigenvalue weighted by molar-refractivity contribution is 0.0904. The molecule has 164 valence electrons. The monoisotopic (exact) mass is 430 g/mol. The molecular formula is C23H34N4O2S. The maximum absolute atomic E-state index is 8.24. The van der Waals surface area contributed by atoms with Gasteiger partial charge in [0.05, 0.1) is 30.2 Å². The predicted molar refractivity (Wildman–Crippen MR) is 127 cm³/mol. The quantitative estimate of drug-likeness (QED) is 0.695. The Balaban J connectivity index is 0.000000275. The average molecular weight is 431 g/mol. The highest BCUT2D eigenvalue weighted by Crippen LogP contribution is 2.39. The first-order valence-corrected chi connectivity index (χ1v) is 11.6. The Morgan fingerprint density at radius 1 is 1.17 bits per heavy atom. The molecule has 30 heavy (non-hydrogen) atoms. The number of thiophene rings is 1. The van der Waals surface area contributed by atoms with Crippen molar-refractivity contribution >= 4 is 33.5 Å². The number of ether oxygens (including phenoxy) is 1. The number of aliphatic imine (C=N–C) groups is 1. The number of hydrogen-bond acceptors (Lipinski definition) is 7. The van der Waals surface area contributed by atoms with Crippen molar-refractivity contribution in [2.75, 3.05) is 58.4 Å². The van der Waals surface area contributed by atoms with Crippen LogP contribution in [0.25, 0.3) is 0 Å². The van der Waals surface area contributed by atoms with Gasteiger partial charge < -0.3 is 25.0 Å². The van der Waals surface area contributed by atoms with E-state index in [4.69, 9.17) is 14.8 Å². The van der Waals surface area contributed by atoms with Crippen LogP contribution in [0.1, 0.15) is 30.2 Å². The molecule has 2 aliphatic rings. The molecule has 1 fully saturated rings. The molecule has 0 amide bonds. The molecule has 2 N–H and O–H groups in total. The molecule has 0 saturated carbocycles. The number of benzene rings is 1. The van der Waals surface area contributed by atoms with Crippen LogP contribution in [0.2, 0.25) is 0 Å². The van der Waals surface area contributed by atoms with E-state index in [1.54, 1.807) is 11.3 Å². The van der Waals surface area contributed by atoms with Gasteiger partial charge in [0.15, 0.2) is 0 Å². The van der Waals surface area contributed by atoms with Gasteiger partial charge in [-0.1, -0.05) is 25.5 Å². The van der Waals surface area contributed by atoms with E-state index in [9.17, 15) is 0 Å². The summed E-state index contributed by atoms with van der Waals surface area (Å²) in [7, 11) is 2.18. The average Bonchev–Trinajstić information content (AvgIpc) is 3.04. The summed E-state index contributed by atoms with van der Waals surface area (Å²) < 4.78 is 4.97. The van der Waals surface area contributed by atoms with Crippen LogP contribution in [0.4, 0.5) is 16.4 Å². The summed E-state index contributed by atoms with van der Waals surface area (Å²) in [5, 5.41) is 13.0. The lowest BCUT2D eigenvalue weighted by atomic mass is 10.2. The molecule has 0 atom stereocenters. The molecule has 1 aromatic carbocycles. The third-order valence-corrected chi connectivity index (χ3v) is 6.12. The van der Waals surface area contributed by atoms with Crippen molar-refractivity contribution in [1.29, 1.82) is 0 Å². The van der Waals surface area contributed by atoms with Crippen LogP contribution < -0.4 is 5.32 Å². The number of rotatable bonds is 5. The van der Waals surface area contributed by atoms with Crippen molar-refractivity contribution in [3.63, 3.8) is 0 Å². The molecule has 0 unspecified atom stereocenters. The second-order valence-electron chi connectivity index (χ2n) is 7.66. The zero-order valence-corrected chi connectivity index (χ0v) is 19.2. The molecule has 1 aromatic heterocycles. The minimum Gasteiger partial charge on any atom is -0.394 e. The van der Waals surface area contributed by atoms with Gasteiger partial charge >= 0.3 is 0 Å². The minimum atomic E-state index is 0.143. The second-order valence-corrected chi connectivity index (χ2v) is 8.91. The number of fused-ring (bicyclic) bond motifs is 2. The third kappa shape index (κ3) is 6.04. The van der Waals surface area contributed by atoms with Gasteiger partial charge in [0.25, 0.3) is 0 Å². The Morgan fingerprint density at radius 3 is 2.67 bits per heavy atom. The Morgan fingerprint density at radius 2 is 1.93 bits per heavy atom. The van der Waals surface area contributed by atoms with Gasteiger partial charge in [-0.15, -0.1) is 11.3 Å². The molecule has 4 rings (SSSR count). The number of aliphatic hydroxyl groups is 1. The number of amidine groups is 1. The first-order valence-electron chi connectivity index (χ1n) is 10.8. The summed E-state index contributed by atoms with van der Waals surface area (Å²) in [6, 6.07) is 10.6. The number of unbranched alkanes of at least 4 members (excludes halogenated alkanes) is 1. The molecule has 1 saturated heterocycles. The second kappa shape index (κ2) is 11.5. The lowest BCUT2D eigenvalue weighted by Gasteiger charge is -2.34. The van der Waals surface area contributed by atoms with E-state index < -0.39 is 0 Å². The van der Waals surface area contributed by atoms with Gasteiger partial charge in [-0.3, -0.25) is 0 Å². The predicted octanol–water partition coefficient (Wildman–Crippen LogP) is 4.23. The molecule has 2 aliphatic heterocycles.